The maximum atomic E-state index is 6.24. The molecular weight excluding hydrogens is 735 g/mol. The Balaban J connectivity index is 1.08. The van der Waals surface area contributed by atoms with E-state index in [1.807, 2.05) is 36.5 Å². The minimum atomic E-state index is 0.667. The van der Waals surface area contributed by atoms with Crippen LogP contribution < -0.4 is 0 Å². The van der Waals surface area contributed by atoms with Gasteiger partial charge in [-0.1, -0.05) is 121 Å². The van der Waals surface area contributed by atoms with Crippen molar-refractivity contribution in [2.75, 3.05) is 0 Å². The van der Waals surface area contributed by atoms with E-state index in [2.05, 4.69) is 163 Å². The Bertz CT molecular complexity index is 3470. The number of hydrogen-bond donors (Lipinski definition) is 0. The van der Waals surface area contributed by atoms with Crippen LogP contribution >= 0.6 is 0 Å². The number of furan rings is 2. The zero-order valence-electron chi connectivity index (χ0n) is 32.2. The molecule has 4 aromatic heterocycles. The summed E-state index contributed by atoms with van der Waals surface area (Å²) in [7, 11) is 0. The number of benzene rings is 8. The summed E-state index contributed by atoms with van der Waals surface area (Å²) >= 11 is 0. The zero-order valence-corrected chi connectivity index (χ0v) is 32.2. The van der Waals surface area contributed by atoms with Crippen LogP contribution in [0, 0.1) is 0 Å². The lowest BCUT2D eigenvalue weighted by Gasteiger charge is -2.14. The Morgan fingerprint density at radius 3 is 1.50 bits per heavy atom. The van der Waals surface area contributed by atoms with Crippen LogP contribution in [0.5, 0.6) is 0 Å². The molecule has 4 heterocycles. The van der Waals surface area contributed by atoms with Crippen molar-refractivity contribution >= 4 is 54.6 Å². The molecule has 8 aromatic carbocycles. The van der Waals surface area contributed by atoms with Gasteiger partial charge in [0.15, 0.2) is 5.82 Å². The second-order valence-corrected chi connectivity index (χ2v) is 15.2. The van der Waals surface area contributed by atoms with Gasteiger partial charge in [-0.3, -0.25) is 4.98 Å². The van der Waals surface area contributed by atoms with E-state index in [0.29, 0.717) is 5.82 Å². The number of pyridine rings is 1. The second-order valence-electron chi connectivity index (χ2n) is 15.2. The van der Waals surface area contributed by atoms with Crippen LogP contribution in [-0.4, -0.2) is 15.0 Å². The molecule has 12 rings (SSSR count). The molecule has 280 valence electrons. The Hall–Kier alpha value is -8.15. The molecule has 0 atom stereocenters. The summed E-state index contributed by atoms with van der Waals surface area (Å²) in [5.41, 5.74) is 14.6. The van der Waals surface area contributed by atoms with E-state index in [9.17, 15) is 0 Å². The van der Waals surface area contributed by atoms with Crippen molar-refractivity contribution in [3.63, 3.8) is 0 Å². The van der Waals surface area contributed by atoms with Gasteiger partial charge in [0.2, 0.25) is 0 Å². The monoisotopic (exact) mass is 767 g/mol. The van der Waals surface area contributed by atoms with E-state index in [-0.39, 0.29) is 0 Å². The largest absolute Gasteiger partial charge is 0.456 e. The zero-order chi connectivity index (χ0) is 39.6. The summed E-state index contributed by atoms with van der Waals surface area (Å²) in [5.74, 6) is 0.667. The molecule has 0 N–H and O–H groups in total. The molecule has 0 saturated carbocycles. The highest BCUT2D eigenvalue weighted by Gasteiger charge is 2.17. The van der Waals surface area contributed by atoms with E-state index < -0.39 is 0 Å². The van der Waals surface area contributed by atoms with Crippen LogP contribution in [0.3, 0.4) is 0 Å². The fourth-order valence-electron chi connectivity index (χ4n) is 8.57. The third-order valence-corrected chi connectivity index (χ3v) is 11.6. The minimum Gasteiger partial charge on any atom is -0.456 e. The van der Waals surface area contributed by atoms with Crippen molar-refractivity contribution in [1.29, 1.82) is 0 Å². The Morgan fingerprint density at radius 2 is 0.850 bits per heavy atom. The molecule has 0 amide bonds. The van der Waals surface area contributed by atoms with E-state index in [4.69, 9.17) is 18.8 Å². The molecule has 0 bridgehead atoms. The summed E-state index contributed by atoms with van der Waals surface area (Å²) < 4.78 is 12.5. The molecule has 0 saturated heterocycles. The third kappa shape index (κ3) is 5.83. The van der Waals surface area contributed by atoms with Crippen molar-refractivity contribution < 1.29 is 8.83 Å². The summed E-state index contributed by atoms with van der Waals surface area (Å²) in [6.07, 6.45) is 3.69. The Kier molecular flexibility index (Phi) is 7.78. The molecular formula is C55H33N3O2. The maximum Gasteiger partial charge on any atom is 0.161 e. The van der Waals surface area contributed by atoms with Gasteiger partial charge in [0.1, 0.15) is 22.3 Å². The van der Waals surface area contributed by atoms with Gasteiger partial charge in [0, 0.05) is 50.6 Å². The predicted molar refractivity (Wildman–Crippen MR) is 245 cm³/mol. The van der Waals surface area contributed by atoms with Gasteiger partial charge in [0.05, 0.1) is 11.4 Å². The van der Waals surface area contributed by atoms with Gasteiger partial charge < -0.3 is 8.83 Å². The van der Waals surface area contributed by atoms with Gasteiger partial charge >= 0.3 is 0 Å². The topological polar surface area (TPSA) is 65.0 Å². The van der Waals surface area contributed by atoms with E-state index >= 15 is 0 Å². The van der Waals surface area contributed by atoms with Crippen molar-refractivity contribution in [2.24, 2.45) is 0 Å². The quantitative estimate of drug-likeness (QED) is 0.169. The normalized spacial score (nSPS) is 11.7. The highest BCUT2D eigenvalue weighted by molar-refractivity contribution is 6.08. The molecule has 0 aliphatic rings. The lowest BCUT2D eigenvalue weighted by atomic mass is 9.93. The van der Waals surface area contributed by atoms with Crippen molar-refractivity contribution in [3.8, 4) is 67.3 Å². The third-order valence-electron chi connectivity index (χ3n) is 11.6. The fourth-order valence-corrected chi connectivity index (χ4v) is 8.57. The first-order valence-electron chi connectivity index (χ1n) is 20.1. The number of fused-ring (bicyclic) bond motifs is 7. The predicted octanol–water partition coefficient (Wildman–Crippen LogP) is 14.8. The fraction of sp³-hybridized carbons (Fsp3) is 0. The van der Waals surface area contributed by atoms with Crippen molar-refractivity contribution in [1.82, 2.24) is 15.0 Å². The summed E-state index contributed by atoms with van der Waals surface area (Å²) in [6.45, 7) is 0. The molecule has 12 aromatic rings. The Morgan fingerprint density at radius 1 is 0.317 bits per heavy atom. The SMILES string of the molecule is c1cncc(-c2ccc(-c3cc(-c4cc(-c5ccc6oc7ccccc7c6c5)cc(-c5ccc6oc7ccccc7c6c5)c4)nc(-c4cccc5ccccc45)n3)cc2)c1. The molecule has 0 fully saturated rings. The highest BCUT2D eigenvalue weighted by Crippen LogP contribution is 2.40. The molecule has 5 heteroatoms. The first-order valence-corrected chi connectivity index (χ1v) is 20.1. The van der Waals surface area contributed by atoms with Gasteiger partial charge in [-0.15, -0.1) is 0 Å². The standard InChI is InChI=1S/C55H33N3O2/c1-2-12-43-35(9-1)10-7-15-46(43)55-57-49(36-20-18-34(19-21-36)39-11-8-26-56-33-39)32-50(58-55)42-28-40(37-22-24-53-47(30-37)44-13-3-5-16-51(44)59-53)27-41(29-42)38-23-25-54-48(31-38)45-14-4-6-17-52(45)60-54/h1-33H. The molecule has 0 radical (unpaired) electrons. The molecule has 0 unspecified atom stereocenters. The van der Waals surface area contributed by atoms with E-state index in [1.165, 1.54) is 0 Å². The summed E-state index contributed by atoms with van der Waals surface area (Å²) in [6, 6.07) is 65.6. The lowest BCUT2D eigenvalue weighted by molar-refractivity contribution is 0.668. The molecule has 5 nitrogen and oxygen atoms in total. The average molecular weight is 768 g/mol. The second kappa shape index (κ2) is 13.8. The van der Waals surface area contributed by atoms with E-state index in [0.717, 1.165) is 116 Å². The average Bonchev–Trinajstić information content (AvgIpc) is 3.89. The number of para-hydroxylation sites is 2. The van der Waals surface area contributed by atoms with Gasteiger partial charge in [0.25, 0.3) is 0 Å². The number of rotatable bonds is 6. The van der Waals surface area contributed by atoms with Gasteiger partial charge in [-0.2, -0.15) is 0 Å². The van der Waals surface area contributed by atoms with Crippen LogP contribution in [0.25, 0.3) is 122 Å². The van der Waals surface area contributed by atoms with Crippen LogP contribution in [-0.2, 0) is 0 Å². The highest BCUT2D eigenvalue weighted by atomic mass is 16.3. The smallest absolute Gasteiger partial charge is 0.161 e. The van der Waals surface area contributed by atoms with Gasteiger partial charge in [-0.25, -0.2) is 9.97 Å². The Labute approximate surface area is 344 Å². The van der Waals surface area contributed by atoms with Crippen LogP contribution in [0.1, 0.15) is 0 Å². The molecule has 0 aliphatic carbocycles. The first kappa shape index (κ1) is 33.9. The van der Waals surface area contributed by atoms with Crippen molar-refractivity contribution in [3.05, 3.63) is 200 Å². The van der Waals surface area contributed by atoms with Crippen LogP contribution in [0.2, 0.25) is 0 Å². The number of aromatic nitrogens is 3. The minimum absolute atomic E-state index is 0.667. The number of nitrogens with zero attached hydrogens (tertiary/aromatic N) is 3. The summed E-state index contributed by atoms with van der Waals surface area (Å²) in [5, 5.41) is 6.60. The molecule has 0 aliphatic heterocycles. The summed E-state index contributed by atoms with van der Waals surface area (Å²) in [4.78, 5) is 15.0. The van der Waals surface area contributed by atoms with Crippen molar-refractivity contribution in [2.45, 2.75) is 0 Å². The molecule has 0 spiro atoms. The van der Waals surface area contributed by atoms with E-state index in [1.54, 1.807) is 6.20 Å². The molecule has 60 heavy (non-hydrogen) atoms. The maximum absolute atomic E-state index is 6.24. The first-order chi connectivity index (χ1) is 29.7. The number of hydrogen-bond acceptors (Lipinski definition) is 5. The van der Waals surface area contributed by atoms with Gasteiger partial charge in [-0.05, 0) is 111 Å². The lowest BCUT2D eigenvalue weighted by Crippen LogP contribution is -1.97. The van der Waals surface area contributed by atoms with Crippen LogP contribution in [0.4, 0.5) is 0 Å². The van der Waals surface area contributed by atoms with Crippen LogP contribution in [0.15, 0.2) is 209 Å².